The molecule has 1 atom stereocenters. The molecular formula is C14H22N2O2S. The number of aryl methyl sites for hydroxylation is 2. The van der Waals surface area contributed by atoms with Crippen LogP contribution in [0.15, 0.2) is 5.38 Å². The Morgan fingerprint density at radius 1 is 1.63 bits per heavy atom. The lowest BCUT2D eigenvalue weighted by atomic mass is 10.1. The molecule has 0 aromatic carbocycles. The molecule has 1 aromatic heterocycles. The van der Waals surface area contributed by atoms with Gasteiger partial charge in [-0.2, -0.15) is 0 Å². The number of aliphatic hydroxyl groups excluding tert-OH is 1. The van der Waals surface area contributed by atoms with Crippen LogP contribution in [0.2, 0.25) is 0 Å². The molecule has 2 heterocycles. The summed E-state index contributed by atoms with van der Waals surface area (Å²) in [6.07, 6.45) is 4.25. The maximum atomic E-state index is 12.0. The van der Waals surface area contributed by atoms with Crippen LogP contribution in [0.5, 0.6) is 0 Å². The van der Waals surface area contributed by atoms with Crippen molar-refractivity contribution in [3.8, 4) is 0 Å². The summed E-state index contributed by atoms with van der Waals surface area (Å²) in [5.41, 5.74) is 1.11. The largest absolute Gasteiger partial charge is 0.396 e. The van der Waals surface area contributed by atoms with Crippen LogP contribution >= 0.6 is 11.3 Å². The molecule has 1 saturated heterocycles. The maximum Gasteiger partial charge on any atom is 0.222 e. The maximum absolute atomic E-state index is 12.0. The van der Waals surface area contributed by atoms with E-state index in [4.69, 9.17) is 5.11 Å². The number of aliphatic hydroxyl groups is 1. The SMILES string of the molecule is Cc1nc(CCCC(=O)N2CC[C@H](CCO)C2)cs1. The summed E-state index contributed by atoms with van der Waals surface area (Å²) in [6.45, 7) is 3.93. The molecule has 1 aromatic rings. The average Bonchev–Trinajstić information content (AvgIpc) is 2.99. The fourth-order valence-corrected chi connectivity index (χ4v) is 3.23. The van der Waals surface area contributed by atoms with Gasteiger partial charge < -0.3 is 10.0 Å². The molecule has 0 bridgehead atoms. The number of hydrogen-bond acceptors (Lipinski definition) is 4. The molecule has 2 rings (SSSR count). The van der Waals surface area contributed by atoms with Crippen molar-refractivity contribution in [3.05, 3.63) is 16.1 Å². The van der Waals surface area contributed by atoms with Crippen LogP contribution in [0.1, 0.15) is 36.4 Å². The summed E-state index contributed by atoms with van der Waals surface area (Å²) in [5.74, 6) is 0.752. The number of likely N-dealkylation sites (tertiary alicyclic amines) is 1. The summed E-state index contributed by atoms with van der Waals surface area (Å²) in [4.78, 5) is 18.4. The molecular weight excluding hydrogens is 260 g/mol. The van der Waals surface area contributed by atoms with E-state index in [-0.39, 0.29) is 12.5 Å². The minimum atomic E-state index is 0.232. The third kappa shape index (κ3) is 4.28. The highest BCUT2D eigenvalue weighted by atomic mass is 32.1. The zero-order valence-electron chi connectivity index (χ0n) is 11.5. The molecule has 4 nitrogen and oxygen atoms in total. The summed E-state index contributed by atoms with van der Waals surface area (Å²) in [5, 5.41) is 12.1. The zero-order chi connectivity index (χ0) is 13.7. The second kappa shape index (κ2) is 7.01. The van der Waals surface area contributed by atoms with Crippen LogP contribution in [-0.4, -0.2) is 40.6 Å². The van der Waals surface area contributed by atoms with Crippen molar-refractivity contribution >= 4 is 17.2 Å². The zero-order valence-corrected chi connectivity index (χ0v) is 12.3. The van der Waals surface area contributed by atoms with Crippen LogP contribution < -0.4 is 0 Å². The molecule has 106 valence electrons. The van der Waals surface area contributed by atoms with Gasteiger partial charge in [-0.05, 0) is 38.5 Å². The van der Waals surface area contributed by atoms with Crippen molar-refractivity contribution in [2.75, 3.05) is 19.7 Å². The number of thiazole rings is 1. The summed E-state index contributed by atoms with van der Waals surface area (Å²) >= 11 is 1.66. The van der Waals surface area contributed by atoms with E-state index in [2.05, 4.69) is 10.4 Å². The van der Waals surface area contributed by atoms with Gasteiger partial charge in [-0.25, -0.2) is 4.98 Å². The Labute approximate surface area is 118 Å². The fourth-order valence-electron chi connectivity index (χ4n) is 2.58. The normalized spacial score (nSPS) is 19.1. The van der Waals surface area contributed by atoms with Crippen LogP contribution in [0, 0.1) is 12.8 Å². The van der Waals surface area contributed by atoms with Gasteiger partial charge >= 0.3 is 0 Å². The lowest BCUT2D eigenvalue weighted by Crippen LogP contribution is -2.28. The second-order valence-electron chi connectivity index (χ2n) is 5.22. The van der Waals surface area contributed by atoms with E-state index in [1.54, 1.807) is 11.3 Å². The van der Waals surface area contributed by atoms with Crippen LogP contribution in [-0.2, 0) is 11.2 Å². The quantitative estimate of drug-likeness (QED) is 0.868. The van der Waals surface area contributed by atoms with Gasteiger partial charge in [0.15, 0.2) is 0 Å². The Morgan fingerprint density at radius 3 is 3.16 bits per heavy atom. The highest BCUT2D eigenvalue weighted by molar-refractivity contribution is 7.09. The molecule has 19 heavy (non-hydrogen) atoms. The summed E-state index contributed by atoms with van der Waals surface area (Å²) in [7, 11) is 0. The summed E-state index contributed by atoms with van der Waals surface area (Å²) < 4.78 is 0. The number of carbonyl (C=O) groups excluding carboxylic acids is 1. The van der Waals surface area contributed by atoms with Crippen molar-refractivity contribution in [1.82, 2.24) is 9.88 Å². The predicted octanol–water partition coefficient (Wildman–Crippen LogP) is 2.01. The molecule has 1 aliphatic rings. The van der Waals surface area contributed by atoms with Crippen molar-refractivity contribution in [2.24, 2.45) is 5.92 Å². The monoisotopic (exact) mass is 282 g/mol. The van der Waals surface area contributed by atoms with Crippen molar-refractivity contribution in [1.29, 1.82) is 0 Å². The molecule has 0 spiro atoms. The number of rotatable bonds is 6. The van der Waals surface area contributed by atoms with Gasteiger partial charge in [0.1, 0.15) is 0 Å². The van der Waals surface area contributed by atoms with Crippen molar-refractivity contribution in [2.45, 2.75) is 39.0 Å². The number of hydrogen-bond donors (Lipinski definition) is 1. The van der Waals surface area contributed by atoms with Gasteiger partial charge in [0.05, 0.1) is 10.7 Å². The minimum absolute atomic E-state index is 0.232. The number of amides is 1. The third-order valence-corrected chi connectivity index (χ3v) is 4.49. The standard InChI is InChI=1S/C14H22N2O2S/c1-11-15-13(10-19-11)3-2-4-14(18)16-7-5-12(9-16)6-8-17/h10,12,17H,2-9H2,1H3/t12-/m1/s1. The Balaban J connectivity index is 1.67. The molecule has 1 amide bonds. The molecule has 0 unspecified atom stereocenters. The Morgan fingerprint density at radius 2 is 2.47 bits per heavy atom. The first-order valence-corrected chi connectivity index (χ1v) is 7.86. The topological polar surface area (TPSA) is 53.4 Å². The predicted molar refractivity (Wildman–Crippen MR) is 76.2 cm³/mol. The van der Waals surface area contributed by atoms with Crippen molar-refractivity contribution < 1.29 is 9.90 Å². The molecule has 0 saturated carbocycles. The van der Waals surface area contributed by atoms with Gasteiger partial charge in [-0.1, -0.05) is 0 Å². The molecule has 1 fully saturated rings. The van der Waals surface area contributed by atoms with Gasteiger partial charge in [0.2, 0.25) is 5.91 Å². The third-order valence-electron chi connectivity index (χ3n) is 3.67. The Hall–Kier alpha value is -0.940. The van der Waals surface area contributed by atoms with Crippen LogP contribution in [0.3, 0.4) is 0 Å². The summed E-state index contributed by atoms with van der Waals surface area (Å²) in [6, 6.07) is 0. The van der Waals surface area contributed by atoms with E-state index >= 15 is 0 Å². The molecule has 0 radical (unpaired) electrons. The first-order chi connectivity index (χ1) is 9.19. The van der Waals surface area contributed by atoms with Gasteiger partial charge in [0.25, 0.3) is 0 Å². The highest BCUT2D eigenvalue weighted by Gasteiger charge is 2.25. The molecule has 0 aliphatic carbocycles. The molecule has 1 N–H and O–H groups in total. The average molecular weight is 282 g/mol. The second-order valence-corrected chi connectivity index (χ2v) is 6.28. The van der Waals surface area contributed by atoms with Crippen LogP contribution in [0.25, 0.3) is 0 Å². The van der Waals surface area contributed by atoms with E-state index in [1.165, 1.54) is 0 Å². The first-order valence-electron chi connectivity index (χ1n) is 6.98. The number of nitrogens with zero attached hydrogens (tertiary/aromatic N) is 2. The smallest absolute Gasteiger partial charge is 0.222 e. The van der Waals surface area contributed by atoms with Gasteiger partial charge in [-0.15, -0.1) is 11.3 Å². The van der Waals surface area contributed by atoms with E-state index in [0.29, 0.717) is 12.3 Å². The van der Waals surface area contributed by atoms with E-state index in [9.17, 15) is 4.79 Å². The number of aromatic nitrogens is 1. The Bertz CT molecular complexity index is 419. The molecule has 5 heteroatoms. The lowest BCUT2D eigenvalue weighted by molar-refractivity contribution is -0.130. The van der Waals surface area contributed by atoms with E-state index in [0.717, 1.165) is 49.5 Å². The molecule has 1 aliphatic heterocycles. The van der Waals surface area contributed by atoms with Gasteiger partial charge in [-0.3, -0.25) is 4.79 Å². The minimum Gasteiger partial charge on any atom is -0.396 e. The van der Waals surface area contributed by atoms with E-state index in [1.807, 2.05) is 11.8 Å². The van der Waals surface area contributed by atoms with Gasteiger partial charge in [0, 0.05) is 31.5 Å². The lowest BCUT2D eigenvalue weighted by Gasteiger charge is -2.16. The van der Waals surface area contributed by atoms with E-state index < -0.39 is 0 Å². The highest BCUT2D eigenvalue weighted by Crippen LogP contribution is 2.20. The first kappa shape index (κ1) is 14.5. The Kier molecular flexibility index (Phi) is 5.34. The van der Waals surface area contributed by atoms with Crippen LogP contribution in [0.4, 0.5) is 0 Å². The number of carbonyl (C=O) groups is 1. The fraction of sp³-hybridized carbons (Fsp3) is 0.714. The van der Waals surface area contributed by atoms with Crippen molar-refractivity contribution in [3.63, 3.8) is 0 Å².